The molecule has 4 nitrogen and oxygen atoms in total. The van der Waals surface area contributed by atoms with Crippen LogP contribution in [0.4, 0.5) is 5.69 Å². The molecule has 2 aromatic rings. The van der Waals surface area contributed by atoms with Gasteiger partial charge in [0.05, 0.1) is 28.9 Å². The van der Waals surface area contributed by atoms with E-state index in [0.717, 1.165) is 36.0 Å². The molecule has 1 aliphatic heterocycles. The molecule has 1 N–H and O–H groups in total. The molecule has 6 heteroatoms. The first-order valence-corrected chi connectivity index (χ1v) is 8.11. The van der Waals surface area contributed by atoms with Gasteiger partial charge >= 0.3 is 0 Å². The van der Waals surface area contributed by atoms with Crippen LogP contribution in [0.2, 0.25) is 4.34 Å². The van der Waals surface area contributed by atoms with Gasteiger partial charge in [-0.05, 0) is 36.8 Å². The third-order valence-corrected chi connectivity index (χ3v) is 4.63. The molecule has 1 fully saturated rings. The first-order chi connectivity index (χ1) is 9.70. The van der Waals surface area contributed by atoms with Crippen LogP contribution in [0, 0.1) is 0 Å². The van der Waals surface area contributed by atoms with E-state index in [1.54, 1.807) is 11.3 Å². The highest BCUT2D eigenvalue weighted by Gasteiger charge is 2.16. The molecule has 3 rings (SSSR count). The van der Waals surface area contributed by atoms with Crippen molar-refractivity contribution in [2.75, 3.05) is 11.9 Å². The number of nitrogens with zero attached hydrogens (tertiary/aromatic N) is 2. The standard InChI is InChI=1S/C14H18ClN3OS/c1-10(11-5-14(15)20-9-11)17-12-6-16-18(7-12)8-13-3-2-4-19-13/h5-7,9-10,13,17H,2-4,8H2,1H3. The fraction of sp³-hybridized carbons (Fsp3) is 0.500. The zero-order chi connectivity index (χ0) is 13.9. The van der Waals surface area contributed by atoms with Crippen LogP contribution < -0.4 is 5.32 Å². The number of rotatable bonds is 5. The quantitative estimate of drug-likeness (QED) is 0.908. The maximum atomic E-state index is 5.97. The number of nitrogens with one attached hydrogen (secondary N) is 1. The third kappa shape index (κ3) is 3.34. The molecule has 0 saturated carbocycles. The summed E-state index contributed by atoms with van der Waals surface area (Å²) in [4.78, 5) is 0. The summed E-state index contributed by atoms with van der Waals surface area (Å²) in [6, 6.07) is 2.22. The first kappa shape index (κ1) is 13.9. The number of ether oxygens (including phenoxy) is 1. The van der Waals surface area contributed by atoms with E-state index in [-0.39, 0.29) is 6.04 Å². The Kier molecular flexibility index (Phi) is 4.29. The van der Waals surface area contributed by atoms with Gasteiger partial charge in [0.2, 0.25) is 0 Å². The molecule has 0 radical (unpaired) electrons. The lowest BCUT2D eigenvalue weighted by molar-refractivity contribution is 0.0940. The largest absolute Gasteiger partial charge is 0.376 e. The second-order valence-corrected chi connectivity index (χ2v) is 6.68. The van der Waals surface area contributed by atoms with Crippen molar-refractivity contribution in [3.05, 3.63) is 33.7 Å². The molecule has 1 saturated heterocycles. The Bertz CT molecular complexity index is 562. The van der Waals surface area contributed by atoms with Crippen molar-refractivity contribution in [1.82, 2.24) is 9.78 Å². The van der Waals surface area contributed by atoms with Crippen LogP contribution in [0.5, 0.6) is 0 Å². The van der Waals surface area contributed by atoms with Crippen molar-refractivity contribution in [2.24, 2.45) is 0 Å². The summed E-state index contributed by atoms with van der Waals surface area (Å²) in [7, 11) is 0. The maximum Gasteiger partial charge on any atom is 0.0931 e. The third-order valence-electron chi connectivity index (χ3n) is 3.52. The number of anilines is 1. The van der Waals surface area contributed by atoms with Crippen LogP contribution in [0.1, 0.15) is 31.4 Å². The van der Waals surface area contributed by atoms with Gasteiger partial charge in [0.1, 0.15) is 0 Å². The lowest BCUT2D eigenvalue weighted by atomic mass is 10.2. The zero-order valence-corrected chi connectivity index (χ0v) is 13.0. The minimum atomic E-state index is 0.221. The smallest absolute Gasteiger partial charge is 0.0931 e. The number of aromatic nitrogens is 2. The summed E-state index contributed by atoms with van der Waals surface area (Å²) >= 11 is 7.52. The minimum Gasteiger partial charge on any atom is -0.376 e. The van der Waals surface area contributed by atoms with Gasteiger partial charge in [0, 0.05) is 18.8 Å². The van der Waals surface area contributed by atoms with Crippen LogP contribution in [-0.4, -0.2) is 22.5 Å². The van der Waals surface area contributed by atoms with E-state index in [2.05, 4.69) is 22.7 Å². The lowest BCUT2D eigenvalue weighted by Crippen LogP contribution is -2.15. The molecular weight excluding hydrogens is 294 g/mol. The number of hydrogen-bond acceptors (Lipinski definition) is 4. The average Bonchev–Trinajstić information content (AvgIpc) is 3.13. The fourth-order valence-corrected chi connectivity index (χ4v) is 3.40. The van der Waals surface area contributed by atoms with E-state index in [4.69, 9.17) is 16.3 Å². The summed E-state index contributed by atoms with van der Waals surface area (Å²) in [6.07, 6.45) is 6.50. The number of thiophene rings is 1. The second-order valence-electron chi connectivity index (χ2n) is 5.14. The van der Waals surface area contributed by atoms with Gasteiger partial charge in [-0.3, -0.25) is 4.68 Å². The van der Waals surface area contributed by atoms with Gasteiger partial charge in [-0.1, -0.05) is 11.6 Å². The topological polar surface area (TPSA) is 39.1 Å². The van der Waals surface area contributed by atoms with Gasteiger partial charge in [-0.25, -0.2) is 0 Å². The molecule has 0 bridgehead atoms. The minimum absolute atomic E-state index is 0.221. The predicted octanol–water partition coefficient (Wildman–Crippen LogP) is 3.95. The van der Waals surface area contributed by atoms with Crippen LogP contribution >= 0.6 is 22.9 Å². The van der Waals surface area contributed by atoms with E-state index in [1.165, 1.54) is 5.56 Å². The Morgan fingerprint density at radius 3 is 3.25 bits per heavy atom. The summed E-state index contributed by atoms with van der Waals surface area (Å²) in [6.45, 7) is 3.84. The average molecular weight is 312 g/mol. The van der Waals surface area contributed by atoms with Crippen molar-refractivity contribution in [2.45, 2.75) is 38.5 Å². The van der Waals surface area contributed by atoms with Crippen LogP contribution in [0.3, 0.4) is 0 Å². The normalized spacial score (nSPS) is 20.2. The van der Waals surface area contributed by atoms with Crippen molar-refractivity contribution in [3.63, 3.8) is 0 Å². The molecule has 0 aromatic carbocycles. The number of hydrogen-bond donors (Lipinski definition) is 1. The van der Waals surface area contributed by atoms with Crippen molar-refractivity contribution < 1.29 is 4.74 Å². The Morgan fingerprint density at radius 1 is 1.65 bits per heavy atom. The Labute approximate surface area is 127 Å². The fourth-order valence-electron chi connectivity index (χ4n) is 2.42. The van der Waals surface area contributed by atoms with E-state index in [0.29, 0.717) is 6.10 Å². The molecule has 108 valence electrons. The van der Waals surface area contributed by atoms with Gasteiger partial charge < -0.3 is 10.1 Å². The maximum absolute atomic E-state index is 5.97. The zero-order valence-electron chi connectivity index (χ0n) is 11.4. The lowest BCUT2D eigenvalue weighted by Gasteiger charge is -2.12. The highest BCUT2D eigenvalue weighted by Crippen LogP contribution is 2.27. The van der Waals surface area contributed by atoms with E-state index in [9.17, 15) is 0 Å². The van der Waals surface area contributed by atoms with Gasteiger partial charge in [0.25, 0.3) is 0 Å². The van der Waals surface area contributed by atoms with Crippen LogP contribution in [-0.2, 0) is 11.3 Å². The van der Waals surface area contributed by atoms with Gasteiger partial charge in [-0.15, -0.1) is 11.3 Å². The molecule has 2 unspecified atom stereocenters. The summed E-state index contributed by atoms with van der Waals surface area (Å²) in [5.41, 5.74) is 2.23. The Balaban J connectivity index is 1.59. The Morgan fingerprint density at radius 2 is 2.55 bits per heavy atom. The molecule has 0 aliphatic carbocycles. The molecular formula is C14H18ClN3OS. The van der Waals surface area contributed by atoms with Crippen LogP contribution in [0.15, 0.2) is 23.8 Å². The summed E-state index contributed by atoms with van der Waals surface area (Å²) < 4.78 is 8.40. The summed E-state index contributed by atoms with van der Waals surface area (Å²) in [5, 5.41) is 9.90. The van der Waals surface area contributed by atoms with Crippen LogP contribution in [0.25, 0.3) is 0 Å². The molecule has 2 atom stereocenters. The summed E-state index contributed by atoms with van der Waals surface area (Å²) in [5.74, 6) is 0. The van der Waals surface area contributed by atoms with Crippen molar-refractivity contribution in [1.29, 1.82) is 0 Å². The Hall–Kier alpha value is -1.04. The molecule has 2 aromatic heterocycles. The van der Waals surface area contributed by atoms with Crippen molar-refractivity contribution in [3.8, 4) is 0 Å². The molecule has 0 amide bonds. The molecule has 20 heavy (non-hydrogen) atoms. The second kappa shape index (κ2) is 6.16. The van der Waals surface area contributed by atoms with E-state index in [1.807, 2.05) is 23.1 Å². The highest BCUT2D eigenvalue weighted by molar-refractivity contribution is 7.14. The predicted molar refractivity (Wildman–Crippen MR) is 82.6 cm³/mol. The van der Waals surface area contributed by atoms with Gasteiger partial charge in [-0.2, -0.15) is 5.10 Å². The first-order valence-electron chi connectivity index (χ1n) is 6.85. The molecule has 3 heterocycles. The van der Waals surface area contributed by atoms with E-state index >= 15 is 0 Å². The monoisotopic (exact) mass is 311 g/mol. The van der Waals surface area contributed by atoms with E-state index < -0.39 is 0 Å². The SMILES string of the molecule is CC(Nc1cnn(CC2CCCO2)c1)c1csc(Cl)c1. The number of halogens is 1. The van der Waals surface area contributed by atoms with Gasteiger partial charge in [0.15, 0.2) is 0 Å². The molecule has 1 aliphatic rings. The van der Waals surface area contributed by atoms with Crippen molar-refractivity contribution >= 4 is 28.6 Å². The molecule has 0 spiro atoms. The highest BCUT2D eigenvalue weighted by atomic mass is 35.5.